The van der Waals surface area contributed by atoms with E-state index in [1.807, 2.05) is 6.92 Å². The van der Waals surface area contributed by atoms with Gasteiger partial charge in [0.1, 0.15) is 0 Å². The minimum Gasteiger partial charge on any atom is -0.388 e. The van der Waals surface area contributed by atoms with Crippen LogP contribution < -0.4 is 0 Å². The molecule has 1 heteroatoms. The third kappa shape index (κ3) is 2.10. The largest absolute Gasteiger partial charge is 0.388 e. The van der Waals surface area contributed by atoms with Crippen molar-refractivity contribution in [2.75, 3.05) is 0 Å². The molecular formula is C11H20O. The van der Waals surface area contributed by atoms with Crippen molar-refractivity contribution < 1.29 is 5.11 Å². The monoisotopic (exact) mass is 168 g/mol. The van der Waals surface area contributed by atoms with E-state index < -0.39 is 0 Å². The Morgan fingerprint density at radius 2 is 2.00 bits per heavy atom. The zero-order valence-corrected chi connectivity index (χ0v) is 8.21. The highest BCUT2D eigenvalue weighted by Crippen LogP contribution is 2.33. The summed E-state index contributed by atoms with van der Waals surface area (Å²) in [7, 11) is 0. The van der Waals surface area contributed by atoms with E-state index in [-0.39, 0.29) is 6.10 Å². The van der Waals surface area contributed by atoms with Crippen molar-refractivity contribution in [2.24, 2.45) is 11.8 Å². The van der Waals surface area contributed by atoms with Crippen LogP contribution in [0.4, 0.5) is 0 Å². The second-order valence-corrected chi connectivity index (χ2v) is 4.22. The molecule has 12 heavy (non-hydrogen) atoms. The summed E-state index contributed by atoms with van der Waals surface area (Å²) >= 11 is 0. The molecule has 1 N–H and O–H groups in total. The first-order valence-corrected chi connectivity index (χ1v) is 4.96. The Bertz CT molecular complexity index is 162. The maximum atomic E-state index is 9.82. The molecule has 1 aliphatic carbocycles. The van der Waals surface area contributed by atoms with Crippen molar-refractivity contribution in [3.8, 4) is 0 Å². The van der Waals surface area contributed by atoms with Gasteiger partial charge in [0.05, 0.1) is 6.10 Å². The van der Waals surface area contributed by atoms with Crippen LogP contribution in [0.15, 0.2) is 12.2 Å². The topological polar surface area (TPSA) is 20.2 Å². The van der Waals surface area contributed by atoms with Gasteiger partial charge in [-0.05, 0) is 25.2 Å². The average Bonchev–Trinajstić information content (AvgIpc) is 2.04. The van der Waals surface area contributed by atoms with Crippen molar-refractivity contribution in [1.29, 1.82) is 0 Å². The summed E-state index contributed by atoms with van der Waals surface area (Å²) in [5, 5.41) is 9.82. The van der Waals surface area contributed by atoms with E-state index in [4.69, 9.17) is 0 Å². The molecule has 1 nitrogen and oxygen atoms in total. The third-order valence-corrected chi connectivity index (χ3v) is 3.09. The van der Waals surface area contributed by atoms with Gasteiger partial charge in [-0.15, -0.1) is 0 Å². The number of rotatable bonds is 2. The van der Waals surface area contributed by atoms with Crippen molar-refractivity contribution in [3.05, 3.63) is 12.2 Å². The maximum Gasteiger partial charge on any atom is 0.0775 e. The van der Waals surface area contributed by atoms with Gasteiger partial charge in [-0.25, -0.2) is 0 Å². The molecule has 0 bridgehead atoms. The van der Waals surface area contributed by atoms with Crippen LogP contribution in [-0.2, 0) is 0 Å². The van der Waals surface area contributed by atoms with E-state index in [1.165, 1.54) is 25.7 Å². The number of hydrogen-bond donors (Lipinski definition) is 1. The first kappa shape index (κ1) is 9.79. The SMILES string of the molecule is C=C(C)C(O)C1CCCCC1C. The highest BCUT2D eigenvalue weighted by Gasteiger charge is 2.27. The number of aliphatic hydroxyl groups excluding tert-OH is 1. The molecule has 0 aromatic heterocycles. The summed E-state index contributed by atoms with van der Waals surface area (Å²) in [6, 6.07) is 0. The third-order valence-electron chi connectivity index (χ3n) is 3.09. The second-order valence-electron chi connectivity index (χ2n) is 4.22. The van der Waals surface area contributed by atoms with Crippen LogP contribution in [0.25, 0.3) is 0 Å². The van der Waals surface area contributed by atoms with Crippen LogP contribution in [0.3, 0.4) is 0 Å². The lowest BCUT2D eigenvalue weighted by atomic mass is 9.76. The molecule has 0 spiro atoms. The molecule has 1 saturated carbocycles. The van der Waals surface area contributed by atoms with Crippen LogP contribution in [-0.4, -0.2) is 11.2 Å². The Morgan fingerprint density at radius 1 is 1.42 bits per heavy atom. The molecule has 70 valence electrons. The van der Waals surface area contributed by atoms with Crippen LogP contribution >= 0.6 is 0 Å². The summed E-state index contributed by atoms with van der Waals surface area (Å²) < 4.78 is 0. The molecule has 3 atom stereocenters. The maximum absolute atomic E-state index is 9.82. The molecule has 1 rings (SSSR count). The van der Waals surface area contributed by atoms with Crippen molar-refractivity contribution >= 4 is 0 Å². The van der Waals surface area contributed by atoms with Crippen LogP contribution in [0.5, 0.6) is 0 Å². The van der Waals surface area contributed by atoms with Gasteiger partial charge >= 0.3 is 0 Å². The van der Waals surface area contributed by atoms with E-state index in [0.29, 0.717) is 11.8 Å². The summed E-state index contributed by atoms with van der Waals surface area (Å²) in [4.78, 5) is 0. The van der Waals surface area contributed by atoms with E-state index in [0.717, 1.165) is 5.57 Å². The first-order valence-electron chi connectivity index (χ1n) is 4.96. The van der Waals surface area contributed by atoms with Gasteiger partial charge in [-0.1, -0.05) is 38.3 Å². The lowest BCUT2D eigenvalue weighted by molar-refractivity contribution is 0.0804. The minimum atomic E-state index is -0.264. The van der Waals surface area contributed by atoms with E-state index in [2.05, 4.69) is 13.5 Å². The van der Waals surface area contributed by atoms with Gasteiger partial charge in [-0.2, -0.15) is 0 Å². The summed E-state index contributed by atoms with van der Waals surface area (Å²) in [6.07, 6.45) is 4.80. The molecule has 0 saturated heterocycles. The van der Waals surface area contributed by atoms with Crippen molar-refractivity contribution in [2.45, 2.75) is 45.6 Å². The molecule has 1 aliphatic rings. The summed E-state index contributed by atoms with van der Waals surface area (Å²) in [5.41, 5.74) is 0.925. The van der Waals surface area contributed by atoms with E-state index in [9.17, 15) is 5.11 Å². The molecule has 0 aliphatic heterocycles. The highest BCUT2D eigenvalue weighted by atomic mass is 16.3. The summed E-state index contributed by atoms with van der Waals surface area (Å²) in [6.45, 7) is 7.98. The molecule has 0 amide bonds. The Balaban J connectivity index is 2.53. The lowest BCUT2D eigenvalue weighted by Crippen LogP contribution is -2.29. The fraction of sp³-hybridized carbons (Fsp3) is 0.818. The summed E-state index contributed by atoms with van der Waals surface area (Å²) in [5.74, 6) is 1.14. The predicted molar refractivity (Wildman–Crippen MR) is 51.9 cm³/mol. The number of hydrogen-bond acceptors (Lipinski definition) is 1. The van der Waals surface area contributed by atoms with Crippen molar-refractivity contribution in [1.82, 2.24) is 0 Å². The zero-order chi connectivity index (χ0) is 9.14. The van der Waals surface area contributed by atoms with Gasteiger partial charge in [0.25, 0.3) is 0 Å². The van der Waals surface area contributed by atoms with Gasteiger partial charge in [0.2, 0.25) is 0 Å². The Hall–Kier alpha value is -0.300. The van der Waals surface area contributed by atoms with Crippen LogP contribution in [0.2, 0.25) is 0 Å². The highest BCUT2D eigenvalue weighted by molar-refractivity contribution is 5.01. The minimum absolute atomic E-state index is 0.264. The molecule has 3 unspecified atom stereocenters. The normalized spacial score (nSPS) is 32.9. The van der Waals surface area contributed by atoms with Gasteiger partial charge < -0.3 is 5.11 Å². The lowest BCUT2D eigenvalue weighted by Gasteiger charge is -2.32. The molecule has 0 aromatic rings. The van der Waals surface area contributed by atoms with Gasteiger partial charge in [0.15, 0.2) is 0 Å². The van der Waals surface area contributed by atoms with E-state index in [1.54, 1.807) is 0 Å². The second kappa shape index (κ2) is 4.08. The Kier molecular flexibility index (Phi) is 3.33. The zero-order valence-electron chi connectivity index (χ0n) is 8.21. The molecule has 0 aromatic carbocycles. The standard InChI is InChI=1S/C11H20O/c1-8(2)11(12)10-7-5-4-6-9(10)3/h9-12H,1,4-7H2,2-3H3. The molecule has 0 radical (unpaired) electrons. The number of aliphatic hydroxyl groups is 1. The van der Waals surface area contributed by atoms with Gasteiger partial charge in [0, 0.05) is 0 Å². The Morgan fingerprint density at radius 3 is 2.50 bits per heavy atom. The van der Waals surface area contributed by atoms with Crippen molar-refractivity contribution in [3.63, 3.8) is 0 Å². The van der Waals surface area contributed by atoms with Crippen LogP contribution in [0.1, 0.15) is 39.5 Å². The predicted octanol–water partition coefficient (Wildman–Crippen LogP) is 2.75. The average molecular weight is 168 g/mol. The first-order chi connectivity index (χ1) is 5.63. The van der Waals surface area contributed by atoms with E-state index >= 15 is 0 Å². The van der Waals surface area contributed by atoms with Crippen LogP contribution in [0, 0.1) is 11.8 Å². The molecular weight excluding hydrogens is 148 g/mol. The smallest absolute Gasteiger partial charge is 0.0775 e. The Labute approximate surface area is 75.5 Å². The molecule has 1 fully saturated rings. The fourth-order valence-corrected chi connectivity index (χ4v) is 2.18. The fourth-order valence-electron chi connectivity index (χ4n) is 2.18. The quantitative estimate of drug-likeness (QED) is 0.629. The molecule has 0 heterocycles. The van der Waals surface area contributed by atoms with Gasteiger partial charge in [-0.3, -0.25) is 0 Å².